The van der Waals surface area contributed by atoms with Gasteiger partial charge < -0.3 is 0 Å². The average Bonchev–Trinajstić information content (AvgIpc) is 2.07. The minimum Gasteiger partial charge on any atom is -0.294 e. The molecule has 0 aliphatic heterocycles. The summed E-state index contributed by atoms with van der Waals surface area (Å²) in [5, 5.41) is 0. The van der Waals surface area contributed by atoms with Crippen LogP contribution in [0.2, 0.25) is 0 Å². The van der Waals surface area contributed by atoms with Gasteiger partial charge in [-0.1, -0.05) is 25.1 Å². The molecule has 0 spiro atoms. The lowest BCUT2D eigenvalue weighted by molar-refractivity contribution is 0.0982. The van der Waals surface area contributed by atoms with E-state index >= 15 is 0 Å². The van der Waals surface area contributed by atoms with E-state index < -0.39 is 0 Å². The van der Waals surface area contributed by atoms with Crippen molar-refractivity contribution in [3.63, 3.8) is 0 Å². The molecule has 0 fully saturated rings. The third-order valence-corrected chi connectivity index (χ3v) is 1.51. The second kappa shape index (κ2) is 3.91. The average molecular weight is 147 g/mol. The molecule has 0 aliphatic carbocycles. The number of ketones is 1. The van der Waals surface area contributed by atoms with Gasteiger partial charge >= 0.3 is 0 Å². The second-order valence-corrected chi connectivity index (χ2v) is 2.47. The van der Waals surface area contributed by atoms with E-state index in [-0.39, 0.29) is 5.78 Å². The Morgan fingerprint density at radius 3 is 3.00 bits per heavy atom. The number of rotatable bonds is 3. The fourth-order valence-electron chi connectivity index (χ4n) is 0.938. The summed E-state index contributed by atoms with van der Waals surface area (Å²) < 4.78 is 0. The van der Waals surface area contributed by atoms with Crippen molar-refractivity contribution in [2.45, 2.75) is 19.8 Å². The Bertz CT molecular complexity index is 226. The maximum atomic E-state index is 11.2. The Balaban J connectivity index is 2.69. The van der Waals surface area contributed by atoms with Crippen molar-refractivity contribution < 1.29 is 4.79 Å². The summed E-state index contributed by atoms with van der Waals surface area (Å²) in [6.07, 6.45) is 1.55. The van der Waals surface area contributed by atoms with E-state index in [4.69, 9.17) is 0 Å². The fourth-order valence-corrected chi connectivity index (χ4v) is 0.938. The van der Waals surface area contributed by atoms with Crippen LogP contribution in [0, 0.1) is 6.07 Å². The summed E-state index contributed by atoms with van der Waals surface area (Å²) >= 11 is 0. The van der Waals surface area contributed by atoms with Crippen molar-refractivity contribution in [3.8, 4) is 0 Å². The van der Waals surface area contributed by atoms with Crippen LogP contribution in [0.15, 0.2) is 24.3 Å². The summed E-state index contributed by atoms with van der Waals surface area (Å²) in [6, 6.07) is 10.1. The molecule has 0 bridgehead atoms. The van der Waals surface area contributed by atoms with Crippen LogP contribution < -0.4 is 0 Å². The highest BCUT2D eigenvalue weighted by Gasteiger charge is 2.01. The van der Waals surface area contributed by atoms with Gasteiger partial charge in [0.15, 0.2) is 5.78 Å². The molecule has 0 N–H and O–H groups in total. The number of hydrogen-bond acceptors (Lipinski definition) is 1. The van der Waals surface area contributed by atoms with Crippen molar-refractivity contribution in [2.75, 3.05) is 0 Å². The minimum atomic E-state index is 0.212. The van der Waals surface area contributed by atoms with Gasteiger partial charge in [0.25, 0.3) is 0 Å². The summed E-state index contributed by atoms with van der Waals surface area (Å²) in [5.41, 5.74) is 0.773. The Morgan fingerprint density at radius 2 is 2.45 bits per heavy atom. The summed E-state index contributed by atoms with van der Waals surface area (Å²) in [7, 11) is 0. The van der Waals surface area contributed by atoms with Crippen LogP contribution in [0.1, 0.15) is 30.1 Å². The number of hydrogen-bond donors (Lipinski definition) is 0. The van der Waals surface area contributed by atoms with E-state index in [1.165, 1.54) is 0 Å². The molecule has 0 unspecified atom stereocenters. The van der Waals surface area contributed by atoms with Crippen molar-refractivity contribution in [1.82, 2.24) is 0 Å². The molecular formula is C10H11O. The Morgan fingerprint density at radius 1 is 1.64 bits per heavy atom. The number of carbonyl (C=O) groups excluding carboxylic acids is 1. The van der Waals surface area contributed by atoms with Crippen LogP contribution in [0.3, 0.4) is 0 Å². The number of carbonyl (C=O) groups is 1. The third kappa shape index (κ3) is 2.19. The van der Waals surface area contributed by atoms with Crippen LogP contribution in [0.25, 0.3) is 0 Å². The van der Waals surface area contributed by atoms with Gasteiger partial charge in [-0.15, -0.1) is 0 Å². The summed E-state index contributed by atoms with van der Waals surface area (Å²) in [4.78, 5) is 11.2. The highest BCUT2D eigenvalue weighted by atomic mass is 16.1. The maximum Gasteiger partial charge on any atom is 0.162 e. The van der Waals surface area contributed by atoms with Crippen molar-refractivity contribution in [2.24, 2.45) is 0 Å². The first kappa shape index (κ1) is 7.99. The molecule has 0 amide bonds. The molecule has 0 aromatic heterocycles. The standard InChI is InChI=1S/C10H11O/c1-2-6-10(11)9-7-4-3-5-8-9/h3-4,7-8H,2,6H2,1H3. The minimum absolute atomic E-state index is 0.212. The molecule has 1 heteroatoms. The lowest BCUT2D eigenvalue weighted by atomic mass is 10.1. The molecule has 0 aliphatic rings. The van der Waals surface area contributed by atoms with Crippen LogP contribution in [-0.2, 0) is 0 Å². The van der Waals surface area contributed by atoms with Gasteiger partial charge in [-0.3, -0.25) is 4.79 Å². The smallest absolute Gasteiger partial charge is 0.162 e. The van der Waals surface area contributed by atoms with E-state index in [9.17, 15) is 4.79 Å². The van der Waals surface area contributed by atoms with E-state index in [1.54, 1.807) is 12.1 Å². The second-order valence-electron chi connectivity index (χ2n) is 2.47. The lowest BCUT2D eigenvalue weighted by Gasteiger charge is -1.95. The third-order valence-electron chi connectivity index (χ3n) is 1.51. The largest absolute Gasteiger partial charge is 0.294 e. The van der Waals surface area contributed by atoms with E-state index in [2.05, 4.69) is 6.07 Å². The molecule has 1 aromatic rings. The molecule has 1 nitrogen and oxygen atoms in total. The van der Waals surface area contributed by atoms with Gasteiger partial charge in [-0.2, -0.15) is 0 Å². The highest BCUT2D eigenvalue weighted by molar-refractivity contribution is 5.95. The molecule has 1 aromatic carbocycles. The normalized spacial score (nSPS) is 9.55. The molecule has 0 heterocycles. The van der Waals surface area contributed by atoms with Crippen molar-refractivity contribution >= 4 is 5.78 Å². The topological polar surface area (TPSA) is 17.1 Å². The van der Waals surface area contributed by atoms with Gasteiger partial charge in [0, 0.05) is 12.0 Å². The number of Topliss-reactive ketones (excluding diaryl/α,β-unsaturated/α-hetero) is 1. The van der Waals surface area contributed by atoms with Gasteiger partial charge in [0.05, 0.1) is 0 Å². The lowest BCUT2D eigenvalue weighted by Crippen LogP contribution is -1.96. The molecule has 57 valence electrons. The molecule has 0 saturated carbocycles. The van der Waals surface area contributed by atoms with Gasteiger partial charge in [-0.25, -0.2) is 0 Å². The summed E-state index contributed by atoms with van der Waals surface area (Å²) in [5.74, 6) is 0.212. The molecule has 0 saturated heterocycles. The monoisotopic (exact) mass is 147 g/mol. The van der Waals surface area contributed by atoms with E-state index in [0.29, 0.717) is 6.42 Å². The van der Waals surface area contributed by atoms with E-state index in [1.807, 2.05) is 19.1 Å². The van der Waals surface area contributed by atoms with Crippen LogP contribution in [0.5, 0.6) is 0 Å². The Kier molecular flexibility index (Phi) is 2.84. The first-order chi connectivity index (χ1) is 5.34. The van der Waals surface area contributed by atoms with Gasteiger partial charge in [-0.05, 0) is 18.6 Å². The molecular weight excluding hydrogens is 136 g/mol. The Labute approximate surface area is 67.1 Å². The fraction of sp³-hybridized carbons (Fsp3) is 0.300. The first-order valence-electron chi connectivity index (χ1n) is 3.84. The van der Waals surface area contributed by atoms with E-state index in [0.717, 1.165) is 12.0 Å². The quantitative estimate of drug-likeness (QED) is 0.600. The molecule has 11 heavy (non-hydrogen) atoms. The molecule has 1 rings (SSSR count). The van der Waals surface area contributed by atoms with Crippen molar-refractivity contribution in [3.05, 3.63) is 35.9 Å². The zero-order valence-electron chi connectivity index (χ0n) is 6.63. The molecule has 0 atom stereocenters. The first-order valence-corrected chi connectivity index (χ1v) is 3.84. The summed E-state index contributed by atoms with van der Waals surface area (Å²) in [6.45, 7) is 2.00. The molecule has 1 radical (unpaired) electrons. The Hall–Kier alpha value is -1.11. The number of benzene rings is 1. The van der Waals surface area contributed by atoms with Gasteiger partial charge in [0.1, 0.15) is 0 Å². The predicted octanol–water partition coefficient (Wildman–Crippen LogP) is 2.47. The van der Waals surface area contributed by atoms with Gasteiger partial charge in [0.2, 0.25) is 0 Å². The van der Waals surface area contributed by atoms with Crippen LogP contribution >= 0.6 is 0 Å². The SMILES string of the molecule is CCCC(=O)c1c[c]ccc1. The van der Waals surface area contributed by atoms with Crippen LogP contribution in [-0.4, -0.2) is 5.78 Å². The van der Waals surface area contributed by atoms with Crippen molar-refractivity contribution in [1.29, 1.82) is 0 Å². The maximum absolute atomic E-state index is 11.2. The zero-order valence-corrected chi connectivity index (χ0v) is 6.63. The van der Waals surface area contributed by atoms with Crippen LogP contribution in [0.4, 0.5) is 0 Å². The zero-order chi connectivity index (χ0) is 8.10. The highest BCUT2D eigenvalue weighted by Crippen LogP contribution is 2.03. The predicted molar refractivity (Wildman–Crippen MR) is 44.5 cm³/mol.